The lowest BCUT2D eigenvalue weighted by molar-refractivity contribution is -0.119. The number of hydrogen-bond donors (Lipinski definition) is 1. The van der Waals surface area contributed by atoms with Crippen LogP contribution in [-0.4, -0.2) is 30.4 Å². The van der Waals surface area contributed by atoms with Gasteiger partial charge in [0, 0.05) is 0 Å². The molecule has 1 aliphatic rings. The Labute approximate surface area is 73.3 Å². The van der Waals surface area contributed by atoms with Gasteiger partial charge in [-0.05, 0) is 25.9 Å². The van der Waals surface area contributed by atoms with E-state index in [1.807, 2.05) is 0 Å². The number of nitrogens with zero attached hydrogens (tertiary/aromatic N) is 1. The summed E-state index contributed by atoms with van der Waals surface area (Å²) in [7, 11) is 0. The van der Waals surface area contributed by atoms with Crippen molar-refractivity contribution in [3.05, 3.63) is 0 Å². The summed E-state index contributed by atoms with van der Waals surface area (Å²) >= 11 is 0. The standard InChI is InChI=1S/C7H14N2O.ClH/c8-7(10)6-9-4-2-1-3-5-9;/h1-6H2,(H2,8,10);1H. The van der Waals surface area contributed by atoms with E-state index in [0.717, 1.165) is 13.1 Å². The van der Waals surface area contributed by atoms with Crippen LogP contribution in [0.2, 0.25) is 0 Å². The van der Waals surface area contributed by atoms with Crippen LogP contribution >= 0.6 is 12.4 Å². The summed E-state index contributed by atoms with van der Waals surface area (Å²) in [5.41, 5.74) is 5.04. The van der Waals surface area contributed by atoms with E-state index in [1.165, 1.54) is 19.3 Å². The van der Waals surface area contributed by atoms with Crippen molar-refractivity contribution in [2.24, 2.45) is 5.73 Å². The van der Waals surface area contributed by atoms with Crippen LogP contribution in [0.15, 0.2) is 0 Å². The predicted molar refractivity (Wildman–Crippen MR) is 46.7 cm³/mol. The summed E-state index contributed by atoms with van der Waals surface area (Å²) in [5, 5.41) is 0. The van der Waals surface area contributed by atoms with Gasteiger partial charge in [0.1, 0.15) is 0 Å². The van der Waals surface area contributed by atoms with Crippen LogP contribution in [0.3, 0.4) is 0 Å². The van der Waals surface area contributed by atoms with Crippen molar-refractivity contribution in [1.29, 1.82) is 0 Å². The van der Waals surface area contributed by atoms with Crippen molar-refractivity contribution < 1.29 is 4.79 Å². The van der Waals surface area contributed by atoms with Crippen molar-refractivity contribution in [2.75, 3.05) is 19.6 Å². The minimum Gasteiger partial charge on any atom is -0.369 e. The number of carbonyl (C=O) groups excluding carboxylic acids is 1. The molecule has 0 bridgehead atoms. The van der Waals surface area contributed by atoms with E-state index in [4.69, 9.17) is 5.73 Å². The van der Waals surface area contributed by atoms with Gasteiger partial charge >= 0.3 is 0 Å². The highest BCUT2D eigenvalue weighted by Crippen LogP contribution is 2.06. The number of hydrogen-bond acceptors (Lipinski definition) is 2. The number of amides is 1. The number of carbonyl (C=O) groups is 1. The van der Waals surface area contributed by atoms with Gasteiger partial charge in [-0.25, -0.2) is 0 Å². The average molecular weight is 179 g/mol. The van der Waals surface area contributed by atoms with Gasteiger partial charge in [0.25, 0.3) is 0 Å². The monoisotopic (exact) mass is 178 g/mol. The Morgan fingerprint density at radius 3 is 2.27 bits per heavy atom. The van der Waals surface area contributed by atoms with E-state index in [9.17, 15) is 4.79 Å². The third-order valence-corrected chi connectivity index (χ3v) is 1.83. The summed E-state index contributed by atoms with van der Waals surface area (Å²) < 4.78 is 0. The molecule has 0 radical (unpaired) electrons. The third kappa shape index (κ3) is 4.22. The SMILES string of the molecule is Cl.NC(=O)CN1CCCCC1. The Hall–Kier alpha value is -0.280. The molecule has 0 aliphatic carbocycles. The number of piperidine rings is 1. The summed E-state index contributed by atoms with van der Waals surface area (Å²) in [4.78, 5) is 12.6. The van der Waals surface area contributed by atoms with Crippen molar-refractivity contribution in [3.8, 4) is 0 Å². The van der Waals surface area contributed by atoms with Crippen LogP contribution in [0.5, 0.6) is 0 Å². The van der Waals surface area contributed by atoms with Crippen LogP contribution in [0.1, 0.15) is 19.3 Å². The normalized spacial score (nSPS) is 18.9. The number of rotatable bonds is 2. The summed E-state index contributed by atoms with van der Waals surface area (Å²) in [6.07, 6.45) is 3.73. The zero-order valence-electron chi connectivity index (χ0n) is 6.58. The maximum absolute atomic E-state index is 10.4. The van der Waals surface area contributed by atoms with Crippen LogP contribution < -0.4 is 5.73 Å². The van der Waals surface area contributed by atoms with Crippen molar-refractivity contribution in [2.45, 2.75) is 19.3 Å². The molecule has 1 saturated heterocycles. The quantitative estimate of drug-likeness (QED) is 0.665. The van der Waals surface area contributed by atoms with E-state index in [2.05, 4.69) is 4.90 Å². The van der Waals surface area contributed by atoms with Gasteiger partial charge in [-0.2, -0.15) is 0 Å². The molecule has 0 atom stereocenters. The predicted octanol–water partition coefficient (Wildman–Crippen LogP) is 0.379. The molecule has 1 amide bonds. The molecule has 0 aromatic heterocycles. The Balaban J connectivity index is 0.000001000. The molecule has 0 spiro atoms. The molecule has 0 saturated carbocycles. The smallest absolute Gasteiger partial charge is 0.231 e. The Morgan fingerprint density at radius 2 is 1.82 bits per heavy atom. The second-order valence-corrected chi connectivity index (χ2v) is 2.80. The van der Waals surface area contributed by atoms with Gasteiger partial charge < -0.3 is 5.73 Å². The first-order chi connectivity index (χ1) is 4.79. The van der Waals surface area contributed by atoms with Crippen molar-refractivity contribution >= 4 is 18.3 Å². The first-order valence-corrected chi connectivity index (χ1v) is 3.80. The lowest BCUT2D eigenvalue weighted by atomic mass is 10.1. The summed E-state index contributed by atoms with van der Waals surface area (Å²) in [6.45, 7) is 2.53. The zero-order chi connectivity index (χ0) is 7.40. The molecular weight excluding hydrogens is 164 g/mol. The van der Waals surface area contributed by atoms with Gasteiger partial charge in [0.05, 0.1) is 6.54 Å². The number of primary amides is 1. The summed E-state index contributed by atoms with van der Waals surface area (Å²) in [5.74, 6) is -0.207. The van der Waals surface area contributed by atoms with Gasteiger partial charge in [-0.15, -0.1) is 12.4 Å². The lowest BCUT2D eigenvalue weighted by Gasteiger charge is -2.24. The minimum atomic E-state index is -0.207. The van der Waals surface area contributed by atoms with E-state index in [0.29, 0.717) is 6.54 Å². The molecule has 2 N–H and O–H groups in total. The van der Waals surface area contributed by atoms with E-state index in [1.54, 1.807) is 0 Å². The molecule has 1 rings (SSSR count). The molecular formula is C7H15ClN2O. The van der Waals surface area contributed by atoms with Gasteiger partial charge in [0.2, 0.25) is 5.91 Å². The highest BCUT2D eigenvalue weighted by atomic mass is 35.5. The van der Waals surface area contributed by atoms with Crippen molar-refractivity contribution in [3.63, 3.8) is 0 Å². The van der Waals surface area contributed by atoms with E-state index < -0.39 is 0 Å². The molecule has 4 heteroatoms. The fraction of sp³-hybridized carbons (Fsp3) is 0.857. The van der Waals surface area contributed by atoms with Crippen LogP contribution in [0, 0.1) is 0 Å². The fourth-order valence-electron chi connectivity index (χ4n) is 1.34. The third-order valence-electron chi connectivity index (χ3n) is 1.83. The maximum atomic E-state index is 10.4. The van der Waals surface area contributed by atoms with E-state index in [-0.39, 0.29) is 18.3 Å². The Kier molecular flexibility index (Phi) is 5.24. The number of likely N-dealkylation sites (tertiary alicyclic amines) is 1. The molecule has 1 aliphatic heterocycles. The highest BCUT2D eigenvalue weighted by molar-refractivity contribution is 5.85. The topological polar surface area (TPSA) is 46.3 Å². The molecule has 3 nitrogen and oxygen atoms in total. The minimum absolute atomic E-state index is 0. The molecule has 0 unspecified atom stereocenters. The highest BCUT2D eigenvalue weighted by Gasteiger charge is 2.10. The van der Waals surface area contributed by atoms with Gasteiger partial charge in [-0.1, -0.05) is 6.42 Å². The zero-order valence-corrected chi connectivity index (χ0v) is 7.40. The Bertz CT molecular complexity index is 124. The second kappa shape index (κ2) is 5.38. The first kappa shape index (κ1) is 10.7. The molecule has 0 aromatic rings. The Morgan fingerprint density at radius 1 is 1.27 bits per heavy atom. The molecule has 11 heavy (non-hydrogen) atoms. The molecule has 1 heterocycles. The fourth-order valence-corrected chi connectivity index (χ4v) is 1.34. The van der Waals surface area contributed by atoms with Crippen molar-refractivity contribution in [1.82, 2.24) is 4.90 Å². The first-order valence-electron chi connectivity index (χ1n) is 3.80. The van der Waals surface area contributed by atoms with Gasteiger partial charge in [0.15, 0.2) is 0 Å². The number of halogens is 1. The molecule has 0 aromatic carbocycles. The summed E-state index contributed by atoms with van der Waals surface area (Å²) in [6, 6.07) is 0. The maximum Gasteiger partial charge on any atom is 0.231 e. The molecule has 66 valence electrons. The van der Waals surface area contributed by atoms with Gasteiger partial charge in [-0.3, -0.25) is 9.69 Å². The lowest BCUT2D eigenvalue weighted by Crippen LogP contribution is -2.37. The number of nitrogens with two attached hydrogens (primary N) is 1. The average Bonchev–Trinajstić information content (AvgIpc) is 1.88. The van der Waals surface area contributed by atoms with Crippen LogP contribution in [0.4, 0.5) is 0 Å². The largest absolute Gasteiger partial charge is 0.369 e. The van der Waals surface area contributed by atoms with E-state index >= 15 is 0 Å². The second-order valence-electron chi connectivity index (χ2n) is 2.80. The molecule has 1 fully saturated rings. The van der Waals surface area contributed by atoms with Crippen LogP contribution in [-0.2, 0) is 4.79 Å². The van der Waals surface area contributed by atoms with Crippen LogP contribution in [0.25, 0.3) is 0 Å².